The molecule has 1 amide bonds. The second kappa shape index (κ2) is 6.62. The van der Waals surface area contributed by atoms with Gasteiger partial charge in [-0.3, -0.25) is 4.79 Å². The summed E-state index contributed by atoms with van der Waals surface area (Å²) >= 11 is 0. The third-order valence-electron chi connectivity index (χ3n) is 1.69. The van der Waals surface area contributed by atoms with Gasteiger partial charge in [-0.25, -0.2) is 0 Å². The minimum absolute atomic E-state index is 0.0213. The Kier molecular flexibility index (Phi) is 6.26. The number of aliphatic hydroxyl groups excluding tert-OH is 1. The topological polar surface area (TPSA) is 66.6 Å². The SMILES string of the molecule is NCCCC(=O)N(CCO)CC(F)(F)F. The van der Waals surface area contributed by atoms with E-state index in [1.165, 1.54) is 0 Å². The van der Waals surface area contributed by atoms with E-state index in [0.717, 1.165) is 0 Å². The second-order valence-corrected chi connectivity index (χ2v) is 3.05. The second-order valence-electron chi connectivity index (χ2n) is 3.05. The molecule has 0 rings (SSSR count). The van der Waals surface area contributed by atoms with E-state index in [0.29, 0.717) is 11.3 Å². The molecule has 0 aromatic rings. The maximum absolute atomic E-state index is 12.0. The lowest BCUT2D eigenvalue weighted by Crippen LogP contribution is -2.40. The van der Waals surface area contributed by atoms with Gasteiger partial charge >= 0.3 is 6.18 Å². The molecule has 0 fully saturated rings. The van der Waals surface area contributed by atoms with E-state index in [1.54, 1.807) is 0 Å². The van der Waals surface area contributed by atoms with Gasteiger partial charge in [0.15, 0.2) is 0 Å². The summed E-state index contributed by atoms with van der Waals surface area (Å²) in [5, 5.41) is 8.52. The van der Waals surface area contributed by atoms with E-state index in [-0.39, 0.29) is 19.5 Å². The van der Waals surface area contributed by atoms with Crippen molar-refractivity contribution < 1.29 is 23.1 Å². The van der Waals surface area contributed by atoms with Crippen molar-refractivity contribution in [3.05, 3.63) is 0 Å². The first-order valence-corrected chi connectivity index (χ1v) is 4.56. The van der Waals surface area contributed by atoms with E-state index in [9.17, 15) is 18.0 Å². The van der Waals surface area contributed by atoms with Crippen LogP contribution in [0.25, 0.3) is 0 Å². The van der Waals surface area contributed by atoms with Crippen LogP contribution in [0.3, 0.4) is 0 Å². The Hall–Kier alpha value is -0.820. The Balaban J connectivity index is 4.18. The van der Waals surface area contributed by atoms with Crippen LogP contribution < -0.4 is 5.73 Å². The average molecular weight is 228 g/mol. The van der Waals surface area contributed by atoms with Crippen LogP contribution in [0.15, 0.2) is 0 Å². The van der Waals surface area contributed by atoms with Gasteiger partial charge in [0.2, 0.25) is 5.91 Å². The van der Waals surface area contributed by atoms with Gasteiger partial charge in [0.1, 0.15) is 6.54 Å². The molecule has 0 aliphatic carbocycles. The van der Waals surface area contributed by atoms with Gasteiger partial charge in [0, 0.05) is 13.0 Å². The number of amides is 1. The standard InChI is InChI=1S/C8H15F3N2O2/c9-8(10,11)6-13(4-5-14)7(15)2-1-3-12/h14H,1-6,12H2. The number of halogens is 3. The summed E-state index contributed by atoms with van der Waals surface area (Å²) in [4.78, 5) is 11.8. The number of rotatable bonds is 6. The molecule has 90 valence electrons. The number of carbonyl (C=O) groups is 1. The van der Waals surface area contributed by atoms with Gasteiger partial charge in [-0.2, -0.15) is 13.2 Å². The van der Waals surface area contributed by atoms with Gasteiger partial charge in [-0.1, -0.05) is 0 Å². The minimum Gasteiger partial charge on any atom is -0.395 e. The molecule has 0 aliphatic rings. The lowest BCUT2D eigenvalue weighted by molar-refractivity contribution is -0.162. The molecule has 7 heteroatoms. The first kappa shape index (κ1) is 14.2. The molecule has 0 saturated heterocycles. The quantitative estimate of drug-likeness (QED) is 0.678. The molecule has 3 N–H and O–H groups in total. The van der Waals surface area contributed by atoms with Crippen LogP contribution in [-0.2, 0) is 4.79 Å². The fourth-order valence-corrected chi connectivity index (χ4v) is 1.04. The predicted molar refractivity (Wildman–Crippen MR) is 48.0 cm³/mol. The van der Waals surface area contributed by atoms with Crippen molar-refractivity contribution in [2.45, 2.75) is 19.0 Å². The predicted octanol–water partition coefficient (Wildman–Crippen LogP) is 0.109. The van der Waals surface area contributed by atoms with Crippen LogP contribution in [0.2, 0.25) is 0 Å². The van der Waals surface area contributed by atoms with E-state index < -0.39 is 25.2 Å². The highest BCUT2D eigenvalue weighted by Crippen LogP contribution is 2.16. The Morgan fingerprint density at radius 2 is 2.00 bits per heavy atom. The van der Waals surface area contributed by atoms with Crippen LogP contribution in [0.1, 0.15) is 12.8 Å². The lowest BCUT2D eigenvalue weighted by atomic mass is 10.2. The Bertz CT molecular complexity index is 197. The van der Waals surface area contributed by atoms with Crippen molar-refractivity contribution in [2.75, 3.05) is 26.2 Å². The maximum atomic E-state index is 12.0. The molecule has 4 nitrogen and oxygen atoms in total. The number of nitrogens with two attached hydrogens (primary N) is 1. The largest absolute Gasteiger partial charge is 0.406 e. The average Bonchev–Trinajstić information content (AvgIpc) is 2.11. The van der Waals surface area contributed by atoms with Crippen LogP contribution in [-0.4, -0.2) is 48.3 Å². The van der Waals surface area contributed by atoms with Crippen molar-refractivity contribution in [2.24, 2.45) is 5.73 Å². The van der Waals surface area contributed by atoms with E-state index in [2.05, 4.69) is 0 Å². The lowest BCUT2D eigenvalue weighted by Gasteiger charge is -2.22. The molecule has 15 heavy (non-hydrogen) atoms. The summed E-state index contributed by atoms with van der Waals surface area (Å²) in [5.41, 5.74) is 5.14. The Morgan fingerprint density at radius 1 is 1.40 bits per heavy atom. The molecule has 0 unspecified atom stereocenters. The number of hydrogen-bond acceptors (Lipinski definition) is 3. The van der Waals surface area contributed by atoms with Crippen molar-refractivity contribution in [1.29, 1.82) is 0 Å². The number of nitrogens with zero attached hydrogens (tertiary/aromatic N) is 1. The summed E-state index contributed by atoms with van der Waals surface area (Å²) in [6.07, 6.45) is -4.11. The van der Waals surface area contributed by atoms with Crippen molar-refractivity contribution >= 4 is 5.91 Å². The van der Waals surface area contributed by atoms with Crippen LogP contribution in [0.5, 0.6) is 0 Å². The molecule has 0 heterocycles. The Labute approximate surface area is 85.8 Å². The normalized spacial score (nSPS) is 11.5. The minimum atomic E-state index is -4.44. The van der Waals surface area contributed by atoms with Crippen LogP contribution in [0, 0.1) is 0 Å². The fraction of sp³-hybridized carbons (Fsp3) is 0.875. The highest BCUT2D eigenvalue weighted by atomic mass is 19.4. The molecular weight excluding hydrogens is 213 g/mol. The maximum Gasteiger partial charge on any atom is 0.406 e. The zero-order valence-electron chi connectivity index (χ0n) is 8.26. The summed E-state index contributed by atoms with van der Waals surface area (Å²) in [6.45, 7) is -1.85. The molecule has 0 atom stereocenters. The molecule has 0 radical (unpaired) electrons. The third-order valence-corrected chi connectivity index (χ3v) is 1.69. The zero-order valence-corrected chi connectivity index (χ0v) is 8.26. The molecule has 0 bridgehead atoms. The van der Waals surface area contributed by atoms with Gasteiger partial charge in [0.25, 0.3) is 0 Å². The first-order chi connectivity index (χ1) is 6.90. The molecular formula is C8H15F3N2O2. The first-order valence-electron chi connectivity index (χ1n) is 4.56. The van der Waals surface area contributed by atoms with E-state index in [4.69, 9.17) is 10.8 Å². The summed E-state index contributed by atoms with van der Waals surface area (Å²) < 4.78 is 36.0. The number of carbonyl (C=O) groups excluding carboxylic acids is 1. The molecule has 0 aromatic carbocycles. The molecule has 0 aromatic heterocycles. The van der Waals surface area contributed by atoms with E-state index >= 15 is 0 Å². The Morgan fingerprint density at radius 3 is 2.40 bits per heavy atom. The monoisotopic (exact) mass is 228 g/mol. The van der Waals surface area contributed by atoms with Gasteiger partial charge in [-0.05, 0) is 13.0 Å². The number of hydrogen-bond donors (Lipinski definition) is 2. The zero-order chi connectivity index (χ0) is 11.9. The third kappa shape index (κ3) is 7.15. The summed E-state index contributed by atoms with van der Waals surface area (Å²) in [5.74, 6) is -0.633. The van der Waals surface area contributed by atoms with Gasteiger partial charge in [-0.15, -0.1) is 0 Å². The summed E-state index contributed by atoms with van der Waals surface area (Å²) in [6, 6.07) is 0. The van der Waals surface area contributed by atoms with Gasteiger partial charge in [0.05, 0.1) is 6.61 Å². The number of aliphatic hydroxyl groups is 1. The molecule has 0 aliphatic heterocycles. The highest BCUT2D eigenvalue weighted by molar-refractivity contribution is 5.76. The van der Waals surface area contributed by atoms with Crippen molar-refractivity contribution in [1.82, 2.24) is 4.90 Å². The smallest absolute Gasteiger partial charge is 0.395 e. The van der Waals surface area contributed by atoms with Crippen molar-refractivity contribution in [3.63, 3.8) is 0 Å². The highest BCUT2D eigenvalue weighted by Gasteiger charge is 2.32. The number of alkyl halides is 3. The van der Waals surface area contributed by atoms with E-state index in [1.807, 2.05) is 0 Å². The summed E-state index contributed by atoms with van der Waals surface area (Å²) in [7, 11) is 0. The molecule has 0 spiro atoms. The van der Waals surface area contributed by atoms with Crippen molar-refractivity contribution in [3.8, 4) is 0 Å². The van der Waals surface area contributed by atoms with Crippen LogP contribution >= 0.6 is 0 Å². The molecule has 0 saturated carbocycles. The fourth-order valence-electron chi connectivity index (χ4n) is 1.04. The van der Waals surface area contributed by atoms with Crippen LogP contribution in [0.4, 0.5) is 13.2 Å². The van der Waals surface area contributed by atoms with Gasteiger partial charge < -0.3 is 15.7 Å².